The molecule has 0 N–H and O–H groups in total. The number of ether oxygens (including phenoxy) is 1. The highest BCUT2D eigenvalue weighted by Gasteiger charge is 2.37. The number of hydrogen-bond acceptors (Lipinski definition) is 5. The van der Waals surface area contributed by atoms with Crippen LogP contribution < -0.4 is 0 Å². The Labute approximate surface area is 160 Å². The molecule has 0 spiro atoms. The third-order valence-corrected chi connectivity index (χ3v) is 5.08. The van der Waals surface area contributed by atoms with E-state index in [-0.39, 0.29) is 17.7 Å². The molecule has 6 nitrogen and oxygen atoms in total. The molecule has 3 rings (SSSR count). The normalized spacial score (nSPS) is 18.7. The lowest BCUT2D eigenvalue weighted by Gasteiger charge is -2.35. The third-order valence-electron chi connectivity index (χ3n) is 5.08. The molecule has 1 aromatic carbocycles. The largest absolute Gasteiger partial charge is 0.444 e. The van der Waals surface area contributed by atoms with Crippen molar-refractivity contribution < 1.29 is 19.1 Å². The maximum atomic E-state index is 12.4. The highest BCUT2D eigenvalue weighted by molar-refractivity contribution is 6.26. The van der Waals surface area contributed by atoms with Crippen LogP contribution in [0.2, 0.25) is 0 Å². The fourth-order valence-electron chi connectivity index (χ4n) is 3.67. The van der Waals surface area contributed by atoms with Crippen molar-refractivity contribution in [1.29, 1.82) is 0 Å². The first kappa shape index (κ1) is 19.5. The average Bonchev–Trinajstić information content (AvgIpc) is 2.86. The third kappa shape index (κ3) is 4.56. The summed E-state index contributed by atoms with van der Waals surface area (Å²) >= 11 is 0. The summed E-state index contributed by atoms with van der Waals surface area (Å²) in [4.78, 5) is 41.0. The van der Waals surface area contributed by atoms with Gasteiger partial charge >= 0.3 is 6.09 Å². The van der Waals surface area contributed by atoms with Crippen LogP contribution in [0.25, 0.3) is 0 Å². The molecule has 6 heteroatoms. The molecule has 0 saturated carbocycles. The molecule has 0 unspecified atom stereocenters. The van der Waals surface area contributed by atoms with Crippen molar-refractivity contribution in [2.45, 2.75) is 39.2 Å². The predicted octanol–water partition coefficient (Wildman–Crippen LogP) is 3.01. The van der Waals surface area contributed by atoms with Gasteiger partial charge in [0.25, 0.3) is 0 Å². The number of Topliss-reactive ketones (excluding diaryl/α,β-unsaturated/α-hetero) is 2. The van der Waals surface area contributed by atoms with Gasteiger partial charge in [0.1, 0.15) is 5.60 Å². The summed E-state index contributed by atoms with van der Waals surface area (Å²) in [6.07, 6.45) is 1.11. The van der Waals surface area contributed by atoms with Gasteiger partial charge in [0.05, 0.1) is 5.92 Å². The minimum absolute atomic E-state index is 0.0367. The van der Waals surface area contributed by atoms with Crippen LogP contribution in [-0.4, -0.2) is 65.8 Å². The van der Waals surface area contributed by atoms with Crippen molar-refractivity contribution in [2.75, 3.05) is 32.7 Å². The summed E-state index contributed by atoms with van der Waals surface area (Å²) in [5.74, 6) is -0.596. The van der Waals surface area contributed by atoms with Crippen molar-refractivity contribution in [1.82, 2.24) is 9.80 Å². The second-order valence-corrected chi connectivity index (χ2v) is 8.28. The summed E-state index contributed by atoms with van der Waals surface area (Å²) < 4.78 is 5.41. The Balaban J connectivity index is 1.42. The zero-order valence-electron chi connectivity index (χ0n) is 16.4. The van der Waals surface area contributed by atoms with E-state index in [1.165, 1.54) is 0 Å². The van der Waals surface area contributed by atoms with Gasteiger partial charge in [-0.1, -0.05) is 24.3 Å². The maximum absolute atomic E-state index is 12.4. The molecule has 1 saturated heterocycles. The number of ketones is 2. The highest BCUT2D eigenvalue weighted by atomic mass is 16.6. The van der Waals surface area contributed by atoms with E-state index in [4.69, 9.17) is 4.74 Å². The van der Waals surface area contributed by atoms with Gasteiger partial charge in [-0.3, -0.25) is 14.5 Å². The van der Waals surface area contributed by atoms with Crippen LogP contribution in [0, 0.1) is 5.92 Å². The molecule has 0 aromatic heterocycles. The number of benzene rings is 1. The standard InChI is InChI=1S/C21H28N2O4/c1-21(2,3)27-20(26)23-13-11-22(12-14-23)10-6-9-17-18(24)15-7-4-5-8-16(15)19(17)25/h4-5,7-8,17H,6,9-14H2,1-3H3. The van der Waals surface area contributed by atoms with Gasteiger partial charge in [-0.2, -0.15) is 0 Å². The molecule has 1 amide bonds. The van der Waals surface area contributed by atoms with Crippen molar-refractivity contribution in [3.05, 3.63) is 35.4 Å². The monoisotopic (exact) mass is 372 g/mol. The minimum atomic E-state index is -0.523. The van der Waals surface area contributed by atoms with Gasteiger partial charge in [0.15, 0.2) is 11.6 Å². The van der Waals surface area contributed by atoms with E-state index in [0.29, 0.717) is 30.6 Å². The first-order valence-corrected chi connectivity index (χ1v) is 9.64. The Kier molecular flexibility index (Phi) is 5.65. The molecular formula is C21H28N2O4. The molecule has 0 radical (unpaired) electrons. The Bertz CT molecular complexity index is 695. The van der Waals surface area contributed by atoms with Crippen LogP contribution in [0.3, 0.4) is 0 Å². The van der Waals surface area contributed by atoms with E-state index in [2.05, 4.69) is 4.90 Å². The Hall–Kier alpha value is -2.21. The fraction of sp³-hybridized carbons (Fsp3) is 0.571. The molecule has 1 aliphatic heterocycles. The van der Waals surface area contributed by atoms with Gasteiger partial charge in [0, 0.05) is 37.3 Å². The molecule has 1 fully saturated rings. The second kappa shape index (κ2) is 7.80. The van der Waals surface area contributed by atoms with Gasteiger partial charge in [-0.15, -0.1) is 0 Å². The Morgan fingerprint density at radius 1 is 1.04 bits per heavy atom. The van der Waals surface area contributed by atoms with Crippen molar-refractivity contribution in [2.24, 2.45) is 5.92 Å². The number of nitrogens with zero attached hydrogens (tertiary/aromatic N) is 2. The molecule has 1 heterocycles. The summed E-state index contributed by atoms with van der Waals surface area (Å²) in [7, 11) is 0. The predicted molar refractivity (Wildman–Crippen MR) is 102 cm³/mol. The van der Waals surface area contributed by atoms with Crippen LogP contribution in [0.4, 0.5) is 4.79 Å². The summed E-state index contributed by atoms with van der Waals surface area (Å²) in [5.41, 5.74) is 0.656. The molecule has 1 aliphatic carbocycles. The van der Waals surface area contributed by atoms with Crippen LogP contribution >= 0.6 is 0 Å². The lowest BCUT2D eigenvalue weighted by Crippen LogP contribution is -2.50. The van der Waals surface area contributed by atoms with Gasteiger partial charge in [0.2, 0.25) is 0 Å². The van der Waals surface area contributed by atoms with Gasteiger partial charge < -0.3 is 9.64 Å². The van der Waals surface area contributed by atoms with E-state index in [0.717, 1.165) is 26.1 Å². The van der Waals surface area contributed by atoms with E-state index >= 15 is 0 Å². The zero-order chi connectivity index (χ0) is 19.6. The number of amides is 1. The van der Waals surface area contributed by atoms with Crippen molar-refractivity contribution >= 4 is 17.7 Å². The number of hydrogen-bond donors (Lipinski definition) is 0. The molecule has 27 heavy (non-hydrogen) atoms. The highest BCUT2D eigenvalue weighted by Crippen LogP contribution is 2.29. The topological polar surface area (TPSA) is 66.9 Å². The molecular weight excluding hydrogens is 344 g/mol. The van der Waals surface area contributed by atoms with Crippen LogP contribution in [0.5, 0.6) is 0 Å². The summed E-state index contributed by atoms with van der Waals surface area (Å²) in [5, 5.41) is 0. The smallest absolute Gasteiger partial charge is 0.410 e. The first-order chi connectivity index (χ1) is 12.8. The SMILES string of the molecule is CC(C)(C)OC(=O)N1CCN(CCCC2C(=O)c3ccccc3C2=O)CC1. The van der Waals surface area contributed by atoms with E-state index in [9.17, 15) is 14.4 Å². The molecule has 1 aromatic rings. The maximum Gasteiger partial charge on any atom is 0.410 e. The second-order valence-electron chi connectivity index (χ2n) is 8.28. The first-order valence-electron chi connectivity index (χ1n) is 9.64. The zero-order valence-corrected chi connectivity index (χ0v) is 16.4. The lowest BCUT2D eigenvalue weighted by atomic mass is 9.98. The number of carbonyl (C=O) groups is 3. The Morgan fingerprint density at radius 2 is 1.59 bits per heavy atom. The van der Waals surface area contributed by atoms with Crippen molar-refractivity contribution in [3.8, 4) is 0 Å². The minimum Gasteiger partial charge on any atom is -0.444 e. The lowest BCUT2D eigenvalue weighted by molar-refractivity contribution is 0.0143. The van der Waals surface area contributed by atoms with E-state index < -0.39 is 11.5 Å². The van der Waals surface area contributed by atoms with Gasteiger partial charge in [-0.05, 0) is 40.2 Å². The quantitative estimate of drug-likeness (QED) is 0.760. The van der Waals surface area contributed by atoms with Crippen LogP contribution in [-0.2, 0) is 4.74 Å². The summed E-state index contributed by atoms with van der Waals surface area (Å²) in [6.45, 7) is 9.28. The molecule has 146 valence electrons. The van der Waals surface area contributed by atoms with E-state index in [1.54, 1.807) is 29.2 Å². The number of piperazine rings is 1. The van der Waals surface area contributed by atoms with E-state index in [1.807, 2.05) is 20.8 Å². The molecule has 0 bridgehead atoms. The van der Waals surface area contributed by atoms with Crippen molar-refractivity contribution in [3.63, 3.8) is 0 Å². The number of carbonyl (C=O) groups excluding carboxylic acids is 3. The molecule has 2 aliphatic rings. The fourth-order valence-corrected chi connectivity index (χ4v) is 3.67. The number of rotatable bonds is 4. The van der Waals surface area contributed by atoms with Crippen LogP contribution in [0.15, 0.2) is 24.3 Å². The average molecular weight is 372 g/mol. The van der Waals surface area contributed by atoms with Gasteiger partial charge in [-0.25, -0.2) is 4.79 Å². The number of fused-ring (bicyclic) bond motifs is 1. The van der Waals surface area contributed by atoms with Crippen LogP contribution in [0.1, 0.15) is 54.3 Å². The summed E-state index contributed by atoms with van der Waals surface area (Å²) in [6, 6.07) is 7.09. The molecule has 0 atom stereocenters. The Morgan fingerprint density at radius 3 is 2.11 bits per heavy atom.